The number of rotatable bonds is 2. The van der Waals surface area contributed by atoms with E-state index < -0.39 is 48.3 Å². The van der Waals surface area contributed by atoms with Crippen molar-refractivity contribution in [1.29, 1.82) is 0 Å². The molecular formula is C25H31F2NO5. The Bertz CT molecular complexity index is 907. The molecule has 5 fully saturated rings. The van der Waals surface area contributed by atoms with Crippen LogP contribution in [0, 0.1) is 29.6 Å². The highest BCUT2D eigenvalue weighted by Crippen LogP contribution is 2.56. The summed E-state index contributed by atoms with van der Waals surface area (Å²) in [5.41, 5.74) is -0.0813. The topological polar surface area (TPSA) is 72.9 Å². The van der Waals surface area contributed by atoms with E-state index in [9.17, 15) is 18.8 Å². The quantitative estimate of drug-likeness (QED) is 0.463. The van der Waals surface area contributed by atoms with E-state index in [0.717, 1.165) is 32.1 Å². The number of Topliss-reactive ketones (excluding diaryl/α,β-unsaturated/α-hetero) is 2. The van der Waals surface area contributed by atoms with E-state index in [2.05, 4.69) is 0 Å². The van der Waals surface area contributed by atoms with Crippen molar-refractivity contribution in [2.24, 2.45) is 29.6 Å². The van der Waals surface area contributed by atoms with E-state index in [-0.39, 0.29) is 42.4 Å². The summed E-state index contributed by atoms with van der Waals surface area (Å²) in [4.78, 5) is 40.9. The molecule has 0 aromatic rings. The van der Waals surface area contributed by atoms with E-state index in [0.29, 0.717) is 18.1 Å². The van der Waals surface area contributed by atoms with Gasteiger partial charge in [-0.3, -0.25) is 9.59 Å². The summed E-state index contributed by atoms with van der Waals surface area (Å²) in [6, 6.07) is -0.793. The number of morpholine rings is 1. The third-order valence-corrected chi connectivity index (χ3v) is 9.37. The molecule has 0 aromatic carbocycles. The molecule has 6 rings (SSSR count). The van der Waals surface area contributed by atoms with Crippen molar-refractivity contribution in [3.63, 3.8) is 0 Å². The maximum Gasteiger partial charge on any atom is 0.343 e. The van der Waals surface area contributed by atoms with Crippen LogP contribution in [-0.4, -0.2) is 65.7 Å². The van der Waals surface area contributed by atoms with Crippen LogP contribution in [-0.2, 0) is 23.9 Å². The van der Waals surface area contributed by atoms with Gasteiger partial charge in [0.1, 0.15) is 23.6 Å². The minimum absolute atomic E-state index is 0.0813. The number of hydrogen-bond donors (Lipinski definition) is 0. The van der Waals surface area contributed by atoms with Gasteiger partial charge in [-0.2, -0.15) is 0 Å². The van der Waals surface area contributed by atoms with Gasteiger partial charge in [-0.1, -0.05) is 12.8 Å². The van der Waals surface area contributed by atoms with Gasteiger partial charge >= 0.3 is 5.97 Å². The van der Waals surface area contributed by atoms with E-state index in [1.165, 1.54) is 6.20 Å². The van der Waals surface area contributed by atoms with Gasteiger partial charge in [0, 0.05) is 24.0 Å². The molecule has 0 aromatic heterocycles. The zero-order valence-corrected chi connectivity index (χ0v) is 18.8. The molecule has 2 heterocycles. The van der Waals surface area contributed by atoms with E-state index in [4.69, 9.17) is 9.47 Å². The lowest BCUT2D eigenvalue weighted by Gasteiger charge is -2.59. The van der Waals surface area contributed by atoms with Crippen LogP contribution < -0.4 is 0 Å². The average molecular weight is 464 g/mol. The summed E-state index contributed by atoms with van der Waals surface area (Å²) in [7, 11) is 0. The molecule has 11 unspecified atom stereocenters. The number of esters is 1. The lowest BCUT2D eigenvalue weighted by atomic mass is 9.67. The molecule has 4 saturated carbocycles. The third kappa shape index (κ3) is 3.08. The average Bonchev–Trinajstić information content (AvgIpc) is 3.09. The van der Waals surface area contributed by atoms with E-state index in [1.54, 1.807) is 6.92 Å². The molecule has 1 saturated heterocycles. The monoisotopic (exact) mass is 463 g/mol. The number of ether oxygens (including phenoxy) is 2. The van der Waals surface area contributed by atoms with Crippen LogP contribution in [0.4, 0.5) is 8.78 Å². The Labute approximate surface area is 192 Å². The van der Waals surface area contributed by atoms with Crippen molar-refractivity contribution in [2.45, 2.75) is 88.5 Å². The number of fused-ring (bicyclic) bond motifs is 5. The Morgan fingerprint density at radius 3 is 2.67 bits per heavy atom. The molecule has 180 valence electrons. The summed E-state index contributed by atoms with van der Waals surface area (Å²) < 4.78 is 41.0. The van der Waals surface area contributed by atoms with Gasteiger partial charge in [-0.15, -0.1) is 0 Å². The summed E-state index contributed by atoms with van der Waals surface area (Å²) in [6.07, 6.45) is 1.56. The molecular weight excluding hydrogens is 432 g/mol. The number of nitrogens with zero attached hydrogens (tertiary/aromatic N) is 1. The highest BCUT2D eigenvalue weighted by molar-refractivity contribution is 6.18. The molecule has 33 heavy (non-hydrogen) atoms. The zero-order chi connectivity index (χ0) is 23.0. The van der Waals surface area contributed by atoms with Crippen molar-refractivity contribution >= 4 is 17.5 Å². The number of alkyl halides is 2. The maximum absolute atomic E-state index is 15.1. The number of carbonyl (C=O) groups excluding carboxylic acids is 3. The fourth-order valence-corrected chi connectivity index (χ4v) is 8.05. The summed E-state index contributed by atoms with van der Waals surface area (Å²) >= 11 is 0. The Hall–Kier alpha value is -1.83. The first-order valence-electron chi connectivity index (χ1n) is 12.6. The molecule has 0 N–H and O–H groups in total. The fourth-order valence-electron chi connectivity index (χ4n) is 8.05. The predicted octanol–water partition coefficient (Wildman–Crippen LogP) is 2.93. The number of carbonyl (C=O) groups is 3. The van der Waals surface area contributed by atoms with Crippen molar-refractivity contribution in [3.8, 4) is 0 Å². The lowest BCUT2D eigenvalue weighted by molar-refractivity contribution is -0.217. The van der Waals surface area contributed by atoms with Crippen LogP contribution in [0.25, 0.3) is 0 Å². The Morgan fingerprint density at radius 1 is 1.09 bits per heavy atom. The molecule has 11 atom stereocenters. The second-order valence-corrected chi connectivity index (χ2v) is 10.8. The Morgan fingerprint density at radius 2 is 1.88 bits per heavy atom. The van der Waals surface area contributed by atoms with Gasteiger partial charge < -0.3 is 14.4 Å². The normalized spacial score (nSPS) is 48.3. The third-order valence-electron chi connectivity index (χ3n) is 9.37. The molecule has 0 amide bonds. The first kappa shape index (κ1) is 21.7. The van der Waals surface area contributed by atoms with Gasteiger partial charge in [-0.25, -0.2) is 13.6 Å². The number of hydrogen-bond acceptors (Lipinski definition) is 6. The van der Waals surface area contributed by atoms with Gasteiger partial charge in [0.05, 0.1) is 24.8 Å². The summed E-state index contributed by atoms with van der Waals surface area (Å²) in [5.74, 6) is -1.06. The van der Waals surface area contributed by atoms with Gasteiger partial charge in [0.2, 0.25) is 0 Å². The largest absolute Gasteiger partial charge is 0.462 e. The van der Waals surface area contributed by atoms with Crippen molar-refractivity contribution < 1.29 is 32.6 Å². The van der Waals surface area contributed by atoms with Crippen LogP contribution >= 0.6 is 0 Å². The van der Waals surface area contributed by atoms with Crippen molar-refractivity contribution in [3.05, 3.63) is 11.8 Å². The van der Waals surface area contributed by atoms with Crippen molar-refractivity contribution in [2.75, 3.05) is 6.61 Å². The number of halogens is 2. The van der Waals surface area contributed by atoms with Crippen molar-refractivity contribution in [1.82, 2.24) is 4.90 Å². The molecule has 2 aliphatic heterocycles. The number of ketones is 2. The highest BCUT2D eigenvalue weighted by Gasteiger charge is 2.62. The maximum atomic E-state index is 15.1. The minimum atomic E-state index is -1.83. The first-order valence-corrected chi connectivity index (χ1v) is 12.6. The SMILES string of the molecule is CCOC(=O)C1=CN2C3CC4C(CC3OC3C(F)C(F)CC(C1=O)C32)C(=O)C1CCCCC14. The minimum Gasteiger partial charge on any atom is -0.462 e. The van der Waals surface area contributed by atoms with Gasteiger partial charge in [0.15, 0.2) is 12.0 Å². The standard InChI is InChI=1S/C25H31F2NO5/c1-2-32-25(31)16-10-28-18-8-13-11-5-3-4-6-12(11)22(29)14(13)9-19(18)33-24-20(27)17(26)7-15(21(24)28)23(16)30/h10-15,17-21,24H,2-9H2,1H3. The Kier molecular flexibility index (Phi) is 5.16. The highest BCUT2D eigenvalue weighted by atomic mass is 19.2. The Balaban J connectivity index is 1.38. The molecule has 0 spiro atoms. The summed E-state index contributed by atoms with van der Waals surface area (Å²) in [5, 5.41) is 0. The predicted molar refractivity (Wildman–Crippen MR) is 112 cm³/mol. The van der Waals surface area contributed by atoms with E-state index in [1.807, 2.05) is 4.90 Å². The molecule has 4 aliphatic carbocycles. The second-order valence-electron chi connectivity index (χ2n) is 10.8. The van der Waals surface area contributed by atoms with Crippen LogP contribution in [0.2, 0.25) is 0 Å². The molecule has 8 heteroatoms. The molecule has 6 nitrogen and oxygen atoms in total. The lowest BCUT2D eigenvalue weighted by Crippen LogP contribution is -2.70. The van der Waals surface area contributed by atoms with E-state index >= 15 is 4.39 Å². The van der Waals surface area contributed by atoms with Gasteiger partial charge in [0.25, 0.3) is 0 Å². The second kappa shape index (κ2) is 7.85. The molecule has 0 radical (unpaired) electrons. The molecule has 6 aliphatic rings. The van der Waals surface area contributed by atoms with Crippen LogP contribution in [0.3, 0.4) is 0 Å². The van der Waals surface area contributed by atoms with Crippen LogP contribution in [0.1, 0.15) is 51.9 Å². The smallest absolute Gasteiger partial charge is 0.343 e. The summed E-state index contributed by atoms with van der Waals surface area (Å²) in [6.45, 7) is 1.79. The zero-order valence-electron chi connectivity index (χ0n) is 18.8. The molecule has 0 bridgehead atoms. The van der Waals surface area contributed by atoms with Crippen LogP contribution in [0.5, 0.6) is 0 Å². The fraction of sp³-hybridized carbons (Fsp3) is 0.800. The van der Waals surface area contributed by atoms with Gasteiger partial charge in [-0.05, 0) is 50.9 Å². The first-order chi connectivity index (χ1) is 15.9. The van der Waals surface area contributed by atoms with Crippen LogP contribution in [0.15, 0.2) is 11.8 Å².